The molecule has 0 fully saturated rings. The van der Waals surface area contributed by atoms with Gasteiger partial charge in [-0.15, -0.1) is 0 Å². The molecule has 1 atom stereocenters. The van der Waals surface area contributed by atoms with Gasteiger partial charge in [0.1, 0.15) is 12.2 Å². The Kier molecular flexibility index (Phi) is 4.69. The fraction of sp³-hybridized carbons (Fsp3) is 0.846. The largest absolute Gasteiger partial charge is 0.307 e. The van der Waals surface area contributed by atoms with Gasteiger partial charge in [-0.2, -0.15) is 5.10 Å². The first-order valence-corrected chi connectivity index (χ1v) is 6.50. The molecule has 0 saturated heterocycles. The van der Waals surface area contributed by atoms with Gasteiger partial charge in [-0.05, 0) is 32.2 Å². The van der Waals surface area contributed by atoms with Crippen LogP contribution >= 0.6 is 0 Å². The van der Waals surface area contributed by atoms with E-state index in [1.807, 2.05) is 4.68 Å². The van der Waals surface area contributed by atoms with Crippen LogP contribution in [0.2, 0.25) is 0 Å². The monoisotopic (exact) mass is 238 g/mol. The van der Waals surface area contributed by atoms with Crippen molar-refractivity contribution in [2.24, 2.45) is 5.41 Å². The SMILES string of the molecule is CCCNC(c1ncnn1C(C)C)C(C)(C)C. The summed E-state index contributed by atoms with van der Waals surface area (Å²) >= 11 is 0. The zero-order valence-electron chi connectivity index (χ0n) is 12.0. The van der Waals surface area contributed by atoms with E-state index in [2.05, 4.69) is 56.9 Å². The highest BCUT2D eigenvalue weighted by Crippen LogP contribution is 2.32. The smallest absolute Gasteiger partial charge is 0.144 e. The van der Waals surface area contributed by atoms with Gasteiger partial charge in [0.25, 0.3) is 0 Å². The van der Waals surface area contributed by atoms with E-state index in [1.165, 1.54) is 0 Å². The lowest BCUT2D eigenvalue weighted by molar-refractivity contribution is 0.250. The molecule has 0 aromatic carbocycles. The molecule has 1 aromatic rings. The van der Waals surface area contributed by atoms with Crippen molar-refractivity contribution in [3.63, 3.8) is 0 Å². The summed E-state index contributed by atoms with van der Waals surface area (Å²) in [5, 5.41) is 7.91. The maximum atomic E-state index is 4.45. The van der Waals surface area contributed by atoms with Gasteiger partial charge in [0.15, 0.2) is 0 Å². The van der Waals surface area contributed by atoms with Crippen LogP contribution in [0.15, 0.2) is 6.33 Å². The number of nitrogens with one attached hydrogen (secondary N) is 1. The van der Waals surface area contributed by atoms with Crippen LogP contribution in [-0.4, -0.2) is 21.3 Å². The van der Waals surface area contributed by atoms with Crippen molar-refractivity contribution in [2.75, 3.05) is 6.54 Å². The van der Waals surface area contributed by atoms with E-state index in [1.54, 1.807) is 6.33 Å². The molecule has 17 heavy (non-hydrogen) atoms. The molecule has 0 radical (unpaired) electrons. The molecule has 0 bridgehead atoms. The Bertz CT molecular complexity index is 335. The van der Waals surface area contributed by atoms with Crippen molar-refractivity contribution in [3.05, 3.63) is 12.2 Å². The van der Waals surface area contributed by atoms with Crippen molar-refractivity contribution >= 4 is 0 Å². The molecule has 0 amide bonds. The predicted molar refractivity (Wildman–Crippen MR) is 70.9 cm³/mol. The second-order valence-electron chi connectivity index (χ2n) is 5.91. The summed E-state index contributed by atoms with van der Waals surface area (Å²) in [6.45, 7) is 14.2. The zero-order chi connectivity index (χ0) is 13.1. The number of aromatic nitrogens is 3. The highest BCUT2D eigenvalue weighted by Gasteiger charge is 2.30. The van der Waals surface area contributed by atoms with Crippen molar-refractivity contribution in [1.82, 2.24) is 20.1 Å². The number of hydrogen-bond donors (Lipinski definition) is 1. The Morgan fingerprint density at radius 2 is 2.00 bits per heavy atom. The van der Waals surface area contributed by atoms with Gasteiger partial charge in [0.05, 0.1) is 6.04 Å². The third-order valence-corrected chi connectivity index (χ3v) is 2.81. The van der Waals surface area contributed by atoms with Gasteiger partial charge in [0.2, 0.25) is 0 Å². The Labute approximate surface area is 105 Å². The van der Waals surface area contributed by atoms with Crippen molar-refractivity contribution in [1.29, 1.82) is 0 Å². The standard InChI is InChI=1S/C13H26N4/c1-7-8-14-11(13(4,5)6)12-15-9-16-17(12)10(2)3/h9-11,14H,7-8H2,1-6H3. The first-order chi connectivity index (χ1) is 7.88. The van der Waals surface area contributed by atoms with Crippen LogP contribution < -0.4 is 5.32 Å². The predicted octanol–water partition coefficient (Wildman–Crippen LogP) is 2.95. The fourth-order valence-electron chi connectivity index (χ4n) is 1.94. The van der Waals surface area contributed by atoms with Crippen LogP contribution in [0.4, 0.5) is 0 Å². The molecule has 0 aliphatic rings. The normalized spacial score (nSPS) is 14.3. The van der Waals surface area contributed by atoms with E-state index in [4.69, 9.17) is 0 Å². The molecule has 4 nitrogen and oxygen atoms in total. The minimum atomic E-state index is 0.134. The maximum Gasteiger partial charge on any atom is 0.144 e. The van der Waals surface area contributed by atoms with E-state index in [0.29, 0.717) is 6.04 Å². The van der Waals surface area contributed by atoms with Crippen LogP contribution in [0.5, 0.6) is 0 Å². The molecule has 0 spiro atoms. The third-order valence-electron chi connectivity index (χ3n) is 2.81. The molecule has 1 heterocycles. The summed E-state index contributed by atoms with van der Waals surface area (Å²) in [4.78, 5) is 4.45. The average molecular weight is 238 g/mol. The summed E-state index contributed by atoms with van der Waals surface area (Å²) in [5.74, 6) is 1.04. The second-order valence-corrected chi connectivity index (χ2v) is 5.91. The summed E-state index contributed by atoms with van der Waals surface area (Å²) in [6.07, 6.45) is 2.78. The first kappa shape index (κ1) is 14.2. The van der Waals surface area contributed by atoms with Crippen LogP contribution in [0.25, 0.3) is 0 Å². The van der Waals surface area contributed by atoms with Gasteiger partial charge >= 0.3 is 0 Å². The zero-order valence-corrected chi connectivity index (χ0v) is 12.0. The van der Waals surface area contributed by atoms with E-state index >= 15 is 0 Å². The van der Waals surface area contributed by atoms with E-state index in [9.17, 15) is 0 Å². The minimum Gasteiger partial charge on any atom is -0.307 e. The molecule has 0 aliphatic heterocycles. The van der Waals surface area contributed by atoms with E-state index in [-0.39, 0.29) is 11.5 Å². The molecule has 1 unspecified atom stereocenters. The first-order valence-electron chi connectivity index (χ1n) is 6.50. The topological polar surface area (TPSA) is 42.7 Å². The van der Waals surface area contributed by atoms with Gasteiger partial charge in [-0.3, -0.25) is 0 Å². The molecule has 4 heteroatoms. The Hall–Kier alpha value is -0.900. The number of hydrogen-bond acceptors (Lipinski definition) is 3. The molecule has 0 saturated carbocycles. The molecular weight excluding hydrogens is 212 g/mol. The Morgan fingerprint density at radius 1 is 1.35 bits per heavy atom. The lowest BCUT2D eigenvalue weighted by Crippen LogP contribution is -2.35. The number of nitrogens with zero attached hydrogens (tertiary/aromatic N) is 3. The minimum absolute atomic E-state index is 0.134. The van der Waals surface area contributed by atoms with Gasteiger partial charge in [-0.25, -0.2) is 9.67 Å². The van der Waals surface area contributed by atoms with Gasteiger partial charge in [0, 0.05) is 6.04 Å². The van der Waals surface area contributed by atoms with Crippen LogP contribution in [0.1, 0.15) is 65.9 Å². The van der Waals surface area contributed by atoms with Crippen LogP contribution in [0, 0.1) is 5.41 Å². The average Bonchev–Trinajstić information content (AvgIpc) is 2.65. The van der Waals surface area contributed by atoms with E-state index in [0.717, 1.165) is 18.8 Å². The summed E-state index contributed by atoms with van der Waals surface area (Å²) in [7, 11) is 0. The summed E-state index contributed by atoms with van der Waals surface area (Å²) in [5.41, 5.74) is 0.134. The van der Waals surface area contributed by atoms with Crippen molar-refractivity contribution < 1.29 is 0 Å². The molecule has 1 aromatic heterocycles. The molecule has 1 N–H and O–H groups in total. The van der Waals surface area contributed by atoms with Crippen molar-refractivity contribution in [2.45, 2.75) is 60.0 Å². The fourth-order valence-corrected chi connectivity index (χ4v) is 1.94. The summed E-state index contributed by atoms with van der Waals surface area (Å²) < 4.78 is 2.01. The Morgan fingerprint density at radius 3 is 2.47 bits per heavy atom. The second kappa shape index (κ2) is 5.63. The maximum absolute atomic E-state index is 4.45. The van der Waals surface area contributed by atoms with Crippen LogP contribution in [0.3, 0.4) is 0 Å². The lowest BCUT2D eigenvalue weighted by atomic mass is 9.86. The molecule has 1 rings (SSSR count). The third kappa shape index (κ3) is 3.53. The van der Waals surface area contributed by atoms with Gasteiger partial charge < -0.3 is 5.32 Å². The summed E-state index contributed by atoms with van der Waals surface area (Å²) in [6, 6.07) is 0.591. The highest BCUT2D eigenvalue weighted by atomic mass is 15.4. The quantitative estimate of drug-likeness (QED) is 0.857. The van der Waals surface area contributed by atoms with E-state index < -0.39 is 0 Å². The van der Waals surface area contributed by atoms with Crippen molar-refractivity contribution in [3.8, 4) is 0 Å². The Balaban J connectivity index is 3.00. The molecule has 98 valence electrons. The highest BCUT2D eigenvalue weighted by molar-refractivity contribution is 5.01. The van der Waals surface area contributed by atoms with Crippen LogP contribution in [-0.2, 0) is 0 Å². The molecular formula is C13H26N4. The number of rotatable bonds is 5. The molecule has 0 aliphatic carbocycles. The van der Waals surface area contributed by atoms with Gasteiger partial charge in [-0.1, -0.05) is 27.7 Å². The lowest BCUT2D eigenvalue weighted by Gasteiger charge is -2.31.